The largest absolute Gasteiger partial charge is 0.489 e. The number of para-hydroxylation sites is 2. The molecule has 1 N–H and O–H groups in total. The van der Waals surface area contributed by atoms with E-state index < -0.39 is 21.0 Å². The summed E-state index contributed by atoms with van der Waals surface area (Å²) in [6.07, 6.45) is 4.26. The molecule has 1 amide bonds. The van der Waals surface area contributed by atoms with Crippen LogP contribution in [0.2, 0.25) is 0 Å². The van der Waals surface area contributed by atoms with Crippen LogP contribution in [0.5, 0.6) is 5.75 Å². The zero-order valence-electron chi connectivity index (χ0n) is 13.4. The number of nitrogens with one attached hydrogen (secondary N) is 1. The molecule has 1 heterocycles. The highest BCUT2D eigenvalue weighted by atomic mass is 32.2. The van der Waals surface area contributed by atoms with Gasteiger partial charge in [-0.3, -0.25) is 4.79 Å². The summed E-state index contributed by atoms with van der Waals surface area (Å²) in [4.78, 5) is 12.0. The van der Waals surface area contributed by atoms with Crippen LogP contribution in [0.1, 0.15) is 26.2 Å². The fourth-order valence-electron chi connectivity index (χ4n) is 2.25. The second kappa shape index (κ2) is 7.79. The van der Waals surface area contributed by atoms with Crippen LogP contribution in [0, 0.1) is 0 Å². The van der Waals surface area contributed by atoms with Gasteiger partial charge >= 0.3 is 0 Å². The average molecular weight is 341 g/mol. The van der Waals surface area contributed by atoms with E-state index in [1.807, 2.05) is 0 Å². The smallest absolute Gasteiger partial charge is 0.242 e. The monoisotopic (exact) mass is 341 g/mol. The molecule has 6 nitrogen and oxygen atoms in total. The Kier molecular flexibility index (Phi) is 6.01. The van der Waals surface area contributed by atoms with Gasteiger partial charge in [0.15, 0.2) is 9.84 Å². The number of anilines is 1. The van der Waals surface area contributed by atoms with Crippen LogP contribution >= 0.6 is 0 Å². The van der Waals surface area contributed by atoms with Gasteiger partial charge in [-0.2, -0.15) is 0 Å². The van der Waals surface area contributed by atoms with Crippen molar-refractivity contribution in [1.29, 1.82) is 0 Å². The first-order valence-electron chi connectivity index (χ1n) is 7.71. The summed E-state index contributed by atoms with van der Waals surface area (Å²) in [7, 11) is -3.44. The van der Waals surface area contributed by atoms with E-state index in [1.165, 1.54) is 6.92 Å². The Morgan fingerprint density at radius 3 is 2.78 bits per heavy atom. The Labute approximate surface area is 137 Å². The number of hydrogen-bond donors (Lipinski definition) is 1. The average Bonchev–Trinajstić information content (AvgIpc) is 2.53. The summed E-state index contributed by atoms with van der Waals surface area (Å²) in [5.41, 5.74) is 0.462. The lowest BCUT2D eigenvalue weighted by molar-refractivity contribution is -0.115. The predicted molar refractivity (Wildman–Crippen MR) is 88.5 cm³/mol. The van der Waals surface area contributed by atoms with Crippen LogP contribution in [0.3, 0.4) is 0 Å². The van der Waals surface area contributed by atoms with Crippen molar-refractivity contribution in [3.05, 3.63) is 24.3 Å². The molecular weight excluding hydrogens is 318 g/mol. The van der Waals surface area contributed by atoms with E-state index in [9.17, 15) is 13.2 Å². The van der Waals surface area contributed by atoms with Gasteiger partial charge in [0.05, 0.1) is 11.8 Å². The van der Waals surface area contributed by atoms with Crippen molar-refractivity contribution in [2.75, 3.05) is 24.8 Å². The minimum Gasteiger partial charge on any atom is -0.489 e. The Hall–Kier alpha value is -1.60. The van der Waals surface area contributed by atoms with Gasteiger partial charge in [0.25, 0.3) is 0 Å². The van der Waals surface area contributed by atoms with Crippen molar-refractivity contribution in [2.24, 2.45) is 0 Å². The molecule has 0 radical (unpaired) electrons. The minimum absolute atomic E-state index is 0.0578. The molecule has 1 saturated heterocycles. The van der Waals surface area contributed by atoms with Crippen LogP contribution in [0.15, 0.2) is 24.3 Å². The molecule has 128 valence electrons. The normalized spacial score (nSPS) is 19.8. The predicted octanol–water partition coefficient (Wildman–Crippen LogP) is 2.01. The number of ether oxygens (including phenoxy) is 2. The first-order valence-corrected chi connectivity index (χ1v) is 9.66. The summed E-state index contributed by atoms with van der Waals surface area (Å²) >= 11 is 0. The molecule has 1 aromatic rings. The highest BCUT2D eigenvalue weighted by Gasteiger charge is 2.24. The Morgan fingerprint density at radius 2 is 2.13 bits per heavy atom. The van der Waals surface area contributed by atoms with E-state index in [0.29, 0.717) is 18.0 Å². The highest BCUT2D eigenvalue weighted by Crippen LogP contribution is 2.25. The van der Waals surface area contributed by atoms with E-state index in [2.05, 4.69) is 5.32 Å². The molecule has 0 unspecified atom stereocenters. The van der Waals surface area contributed by atoms with Crippen molar-refractivity contribution in [3.63, 3.8) is 0 Å². The van der Waals surface area contributed by atoms with Gasteiger partial charge in [0.2, 0.25) is 5.91 Å². The summed E-state index contributed by atoms with van der Waals surface area (Å²) < 4.78 is 34.3. The molecular formula is C16H23NO5S. The number of hydrogen-bond acceptors (Lipinski definition) is 5. The maximum Gasteiger partial charge on any atom is 0.242 e. The maximum absolute atomic E-state index is 12.0. The van der Waals surface area contributed by atoms with Gasteiger partial charge in [0.1, 0.15) is 17.6 Å². The molecule has 1 fully saturated rings. The van der Waals surface area contributed by atoms with E-state index in [-0.39, 0.29) is 6.10 Å². The number of carbonyl (C=O) groups is 1. The molecule has 0 saturated carbocycles. The Bertz CT molecular complexity index is 638. The molecule has 23 heavy (non-hydrogen) atoms. The van der Waals surface area contributed by atoms with E-state index in [1.54, 1.807) is 24.3 Å². The van der Waals surface area contributed by atoms with Gasteiger partial charge in [-0.15, -0.1) is 0 Å². The van der Waals surface area contributed by atoms with E-state index in [0.717, 1.165) is 32.1 Å². The van der Waals surface area contributed by atoms with Gasteiger partial charge < -0.3 is 14.8 Å². The number of carbonyl (C=O) groups excluding carboxylic acids is 1. The molecule has 2 atom stereocenters. The van der Waals surface area contributed by atoms with Crippen LogP contribution in [-0.4, -0.2) is 45.1 Å². The van der Waals surface area contributed by atoms with Crippen molar-refractivity contribution in [1.82, 2.24) is 0 Å². The van der Waals surface area contributed by atoms with Gasteiger partial charge in [0, 0.05) is 12.9 Å². The molecule has 1 aromatic carbocycles. The lowest BCUT2D eigenvalue weighted by Gasteiger charge is -2.23. The van der Waals surface area contributed by atoms with Crippen LogP contribution < -0.4 is 10.1 Å². The maximum atomic E-state index is 12.0. The minimum atomic E-state index is -3.44. The number of rotatable bonds is 6. The summed E-state index contributed by atoms with van der Waals surface area (Å²) in [5.74, 6) is -0.0619. The van der Waals surface area contributed by atoms with Crippen LogP contribution in [-0.2, 0) is 19.4 Å². The molecule has 1 aliphatic rings. The highest BCUT2D eigenvalue weighted by molar-refractivity contribution is 7.92. The van der Waals surface area contributed by atoms with E-state index in [4.69, 9.17) is 9.47 Å². The van der Waals surface area contributed by atoms with Crippen molar-refractivity contribution in [2.45, 2.75) is 37.5 Å². The third-order valence-corrected chi connectivity index (χ3v) is 5.35. The molecule has 0 aliphatic carbocycles. The molecule has 0 bridgehead atoms. The summed E-state index contributed by atoms with van der Waals surface area (Å²) in [5, 5.41) is 1.51. The number of sulfone groups is 1. The van der Waals surface area contributed by atoms with Crippen molar-refractivity contribution < 1.29 is 22.7 Å². The summed E-state index contributed by atoms with van der Waals surface area (Å²) in [6, 6.07) is 6.98. The molecule has 0 spiro atoms. The molecule has 2 rings (SSSR count). The van der Waals surface area contributed by atoms with Crippen LogP contribution in [0.25, 0.3) is 0 Å². The second-order valence-electron chi connectivity index (χ2n) is 5.76. The lowest BCUT2D eigenvalue weighted by Crippen LogP contribution is -2.32. The molecule has 7 heteroatoms. The Morgan fingerprint density at radius 1 is 1.39 bits per heavy atom. The zero-order chi connectivity index (χ0) is 16.9. The van der Waals surface area contributed by atoms with E-state index >= 15 is 0 Å². The quantitative estimate of drug-likeness (QED) is 0.856. The van der Waals surface area contributed by atoms with Gasteiger partial charge in [-0.25, -0.2) is 8.42 Å². The number of amides is 1. The van der Waals surface area contributed by atoms with Gasteiger partial charge in [-0.1, -0.05) is 12.1 Å². The first kappa shape index (κ1) is 17.7. The SMILES string of the molecule is C[C@@H](C(=O)Nc1ccccc1OC[C@H]1CCCCO1)S(C)(=O)=O. The third-order valence-electron chi connectivity index (χ3n) is 3.86. The summed E-state index contributed by atoms with van der Waals surface area (Å²) in [6.45, 7) is 2.52. The van der Waals surface area contributed by atoms with Crippen molar-refractivity contribution >= 4 is 21.4 Å². The number of benzene rings is 1. The lowest BCUT2D eigenvalue weighted by atomic mass is 10.1. The first-order chi connectivity index (χ1) is 10.9. The third kappa shape index (κ3) is 5.21. The molecule has 1 aliphatic heterocycles. The standard InChI is InChI=1S/C16H23NO5S/c1-12(23(2,19)20)16(18)17-14-8-3-4-9-15(14)22-11-13-7-5-6-10-21-13/h3-4,8-9,12-13H,5-7,10-11H2,1-2H3,(H,17,18)/t12-,13+/m0/s1. The van der Waals surface area contributed by atoms with Gasteiger partial charge in [-0.05, 0) is 38.3 Å². The molecule has 0 aromatic heterocycles. The topological polar surface area (TPSA) is 81.7 Å². The fraction of sp³-hybridized carbons (Fsp3) is 0.562. The Balaban J connectivity index is 2.00. The van der Waals surface area contributed by atoms with Crippen LogP contribution in [0.4, 0.5) is 5.69 Å². The second-order valence-corrected chi connectivity index (χ2v) is 8.12. The zero-order valence-corrected chi connectivity index (χ0v) is 14.3. The van der Waals surface area contributed by atoms with Crippen molar-refractivity contribution in [3.8, 4) is 5.75 Å². The fourth-order valence-corrected chi connectivity index (χ4v) is 2.69.